The molecule has 0 aliphatic rings. The number of ether oxygens (including phenoxy) is 1. The molecule has 138 valence electrons. The van der Waals surface area contributed by atoms with Crippen LogP contribution in [0.25, 0.3) is 0 Å². The van der Waals surface area contributed by atoms with E-state index in [-0.39, 0.29) is 18.2 Å². The van der Waals surface area contributed by atoms with Gasteiger partial charge in [-0.2, -0.15) is 0 Å². The molecule has 0 radical (unpaired) electrons. The number of amides is 1. The van der Waals surface area contributed by atoms with Gasteiger partial charge in [-0.3, -0.25) is 14.5 Å². The standard InChI is InChI=1S/C21H26N2O3/c1-5-26-20-11-8-17(16(3)24)12-18(20)13-23(4)14-21(25)22-19-9-6-15(2)7-10-19/h6-12H,5,13-14H2,1-4H3,(H,22,25). The molecule has 5 nitrogen and oxygen atoms in total. The van der Waals surface area contributed by atoms with Gasteiger partial charge in [-0.15, -0.1) is 0 Å². The van der Waals surface area contributed by atoms with E-state index in [0.717, 1.165) is 22.6 Å². The van der Waals surface area contributed by atoms with Crippen molar-refractivity contribution in [1.29, 1.82) is 0 Å². The van der Waals surface area contributed by atoms with Gasteiger partial charge in [0.1, 0.15) is 5.75 Å². The highest BCUT2D eigenvalue weighted by molar-refractivity contribution is 5.94. The molecule has 1 N–H and O–H groups in total. The second-order valence-corrected chi connectivity index (χ2v) is 6.40. The third-order valence-electron chi connectivity index (χ3n) is 3.96. The molecule has 0 aromatic heterocycles. The number of likely N-dealkylation sites (N-methyl/N-ethyl adjacent to an activating group) is 1. The smallest absolute Gasteiger partial charge is 0.238 e. The summed E-state index contributed by atoms with van der Waals surface area (Å²) in [6.45, 7) is 6.76. The number of aryl methyl sites for hydroxylation is 1. The Labute approximate surface area is 155 Å². The van der Waals surface area contributed by atoms with E-state index in [1.54, 1.807) is 6.07 Å². The van der Waals surface area contributed by atoms with Crippen LogP contribution in [0.2, 0.25) is 0 Å². The van der Waals surface area contributed by atoms with E-state index in [0.29, 0.717) is 18.7 Å². The van der Waals surface area contributed by atoms with Crippen LogP contribution >= 0.6 is 0 Å². The van der Waals surface area contributed by atoms with Gasteiger partial charge < -0.3 is 10.1 Å². The molecule has 0 bridgehead atoms. The molecule has 0 unspecified atom stereocenters. The van der Waals surface area contributed by atoms with Gasteiger partial charge in [0, 0.05) is 23.4 Å². The molecule has 2 rings (SSSR count). The topological polar surface area (TPSA) is 58.6 Å². The lowest BCUT2D eigenvalue weighted by Crippen LogP contribution is -2.30. The molecule has 26 heavy (non-hydrogen) atoms. The minimum Gasteiger partial charge on any atom is -0.494 e. The fourth-order valence-corrected chi connectivity index (χ4v) is 2.65. The molecule has 2 aromatic rings. The van der Waals surface area contributed by atoms with E-state index < -0.39 is 0 Å². The molecule has 0 aliphatic carbocycles. The molecule has 2 aromatic carbocycles. The summed E-state index contributed by atoms with van der Waals surface area (Å²) >= 11 is 0. The summed E-state index contributed by atoms with van der Waals surface area (Å²) in [5.41, 5.74) is 3.46. The molecule has 0 spiro atoms. The van der Waals surface area contributed by atoms with Crippen LogP contribution in [-0.2, 0) is 11.3 Å². The third-order valence-corrected chi connectivity index (χ3v) is 3.96. The average molecular weight is 354 g/mol. The Balaban J connectivity index is 2.02. The van der Waals surface area contributed by atoms with Crippen molar-refractivity contribution in [2.45, 2.75) is 27.3 Å². The van der Waals surface area contributed by atoms with E-state index in [2.05, 4.69) is 5.32 Å². The molecule has 0 aliphatic heterocycles. The fourth-order valence-electron chi connectivity index (χ4n) is 2.65. The highest BCUT2D eigenvalue weighted by Gasteiger charge is 2.13. The van der Waals surface area contributed by atoms with Crippen molar-refractivity contribution >= 4 is 17.4 Å². The third kappa shape index (κ3) is 5.70. The molecule has 0 heterocycles. The van der Waals surface area contributed by atoms with Gasteiger partial charge in [0.2, 0.25) is 5.91 Å². The van der Waals surface area contributed by atoms with Crippen molar-refractivity contribution in [3.63, 3.8) is 0 Å². The lowest BCUT2D eigenvalue weighted by molar-refractivity contribution is -0.117. The minimum absolute atomic E-state index is 0.00839. The quantitative estimate of drug-likeness (QED) is 0.735. The number of rotatable bonds is 8. The van der Waals surface area contributed by atoms with Gasteiger partial charge in [-0.05, 0) is 58.2 Å². The first-order valence-corrected chi connectivity index (χ1v) is 8.70. The maximum Gasteiger partial charge on any atom is 0.238 e. The molecule has 0 saturated heterocycles. The number of hydrogen-bond acceptors (Lipinski definition) is 4. The largest absolute Gasteiger partial charge is 0.494 e. The number of anilines is 1. The number of hydrogen-bond donors (Lipinski definition) is 1. The lowest BCUT2D eigenvalue weighted by atomic mass is 10.1. The molecule has 0 saturated carbocycles. The number of nitrogens with zero attached hydrogens (tertiary/aromatic N) is 1. The Bertz CT molecular complexity index is 769. The Kier molecular flexibility index (Phi) is 6.92. The van der Waals surface area contributed by atoms with E-state index in [1.807, 2.05) is 62.2 Å². The van der Waals surface area contributed by atoms with E-state index in [9.17, 15) is 9.59 Å². The minimum atomic E-state index is -0.0861. The van der Waals surface area contributed by atoms with Crippen molar-refractivity contribution in [2.24, 2.45) is 0 Å². The zero-order valence-electron chi connectivity index (χ0n) is 15.8. The van der Waals surface area contributed by atoms with Crippen LogP contribution in [0.5, 0.6) is 5.75 Å². The van der Waals surface area contributed by atoms with Crippen molar-refractivity contribution in [1.82, 2.24) is 4.90 Å². The maximum atomic E-state index is 12.2. The van der Waals surface area contributed by atoms with Crippen molar-refractivity contribution < 1.29 is 14.3 Å². The summed E-state index contributed by atoms with van der Waals surface area (Å²) in [5, 5.41) is 2.89. The van der Waals surface area contributed by atoms with Crippen LogP contribution in [0, 0.1) is 6.92 Å². The first-order valence-electron chi connectivity index (χ1n) is 8.70. The summed E-state index contributed by atoms with van der Waals surface area (Å²) in [6, 6.07) is 13.1. The maximum absolute atomic E-state index is 12.2. The monoisotopic (exact) mass is 354 g/mol. The number of Topliss-reactive ketones (excluding diaryl/α,β-unsaturated/α-hetero) is 1. The van der Waals surface area contributed by atoms with E-state index in [4.69, 9.17) is 4.74 Å². The molecule has 1 amide bonds. The first kappa shape index (κ1) is 19.7. The second-order valence-electron chi connectivity index (χ2n) is 6.40. The van der Waals surface area contributed by atoms with Crippen LogP contribution in [0.1, 0.15) is 35.3 Å². The number of carbonyl (C=O) groups excluding carboxylic acids is 2. The SMILES string of the molecule is CCOc1ccc(C(C)=O)cc1CN(C)CC(=O)Nc1ccc(C)cc1. The highest BCUT2D eigenvalue weighted by Crippen LogP contribution is 2.22. The van der Waals surface area contributed by atoms with Crippen LogP contribution < -0.4 is 10.1 Å². The van der Waals surface area contributed by atoms with Gasteiger partial charge in [0.15, 0.2) is 5.78 Å². The number of carbonyl (C=O) groups is 2. The summed E-state index contributed by atoms with van der Waals surface area (Å²) in [5.74, 6) is 0.661. The van der Waals surface area contributed by atoms with Crippen LogP contribution in [0.3, 0.4) is 0 Å². The van der Waals surface area contributed by atoms with E-state index >= 15 is 0 Å². The predicted molar refractivity (Wildman–Crippen MR) is 104 cm³/mol. The normalized spacial score (nSPS) is 10.7. The number of benzene rings is 2. The fraction of sp³-hybridized carbons (Fsp3) is 0.333. The Morgan fingerprint density at radius 1 is 1.12 bits per heavy atom. The number of nitrogens with one attached hydrogen (secondary N) is 1. The average Bonchev–Trinajstić information content (AvgIpc) is 2.58. The second kappa shape index (κ2) is 9.15. The molecular weight excluding hydrogens is 328 g/mol. The van der Waals surface area contributed by atoms with Gasteiger partial charge in [0.25, 0.3) is 0 Å². The van der Waals surface area contributed by atoms with Gasteiger partial charge in [-0.25, -0.2) is 0 Å². The molecular formula is C21H26N2O3. The number of ketones is 1. The predicted octanol–water partition coefficient (Wildman–Crippen LogP) is 3.67. The van der Waals surface area contributed by atoms with Gasteiger partial charge in [0.05, 0.1) is 13.2 Å². The molecule has 5 heteroatoms. The summed E-state index contributed by atoms with van der Waals surface area (Å²) in [4.78, 5) is 25.8. The summed E-state index contributed by atoms with van der Waals surface area (Å²) in [7, 11) is 1.87. The highest BCUT2D eigenvalue weighted by atomic mass is 16.5. The zero-order valence-corrected chi connectivity index (χ0v) is 15.8. The van der Waals surface area contributed by atoms with Gasteiger partial charge in [-0.1, -0.05) is 17.7 Å². The van der Waals surface area contributed by atoms with Crippen molar-refractivity contribution in [3.8, 4) is 5.75 Å². The molecule has 0 atom stereocenters. The van der Waals surface area contributed by atoms with E-state index in [1.165, 1.54) is 6.92 Å². The van der Waals surface area contributed by atoms with Crippen molar-refractivity contribution in [3.05, 3.63) is 59.2 Å². The van der Waals surface area contributed by atoms with Crippen molar-refractivity contribution in [2.75, 3.05) is 25.5 Å². The Morgan fingerprint density at radius 2 is 1.81 bits per heavy atom. The zero-order chi connectivity index (χ0) is 19.1. The lowest BCUT2D eigenvalue weighted by Gasteiger charge is -2.19. The molecule has 0 fully saturated rings. The van der Waals surface area contributed by atoms with Crippen LogP contribution in [0.15, 0.2) is 42.5 Å². The Hall–Kier alpha value is -2.66. The summed E-state index contributed by atoms with van der Waals surface area (Å²) < 4.78 is 5.65. The first-order chi connectivity index (χ1) is 12.4. The van der Waals surface area contributed by atoms with Crippen LogP contribution in [0.4, 0.5) is 5.69 Å². The van der Waals surface area contributed by atoms with Gasteiger partial charge >= 0.3 is 0 Å². The Morgan fingerprint density at radius 3 is 2.42 bits per heavy atom. The van der Waals surface area contributed by atoms with Crippen LogP contribution in [-0.4, -0.2) is 36.8 Å². The summed E-state index contributed by atoms with van der Waals surface area (Å²) in [6.07, 6.45) is 0.